The molecule has 2 aromatic heterocycles. The normalized spacial score (nSPS) is 10.3. The van der Waals surface area contributed by atoms with E-state index in [2.05, 4.69) is 10.1 Å². The van der Waals surface area contributed by atoms with Crippen molar-refractivity contribution in [3.63, 3.8) is 0 Å². The zero-order chi connectivity index (χ0) is 9.80. The molecule has 2 aromatic rings. The molecule has 2 heterocycles. The van der Waals surface area contributed by atoms with Gasteiger partial charge in [-0.15, -0.1) is 11.8 Å². The molecule has 0 saturated carbocycles. The Hall–Kier alpha value is -1.49. The van der Waals surface area contributed by atoms with Crippen LogP contribution in [0.2, 0.25) is 0 Å². The summed E-state index contributed by atoms with van der Waals surface area (Å²) in [4.78, 5) is 5.06. The number of thioether (sulfide) groups is 1. The third-order valence-electron chi connectivity index (χ3n) is 1.63. The van der Waals surface area contributed by atoms with Crippen molar-refractivity contribution in [3.8, 4) is 0 Å². The number of anilines is 1. The number of nitrogen functional groups attached to an aromatic ring is 1. The zero-order valence-electron chi connectivity index (χ0n) is 7.38. The van der Waals surface area contributed by atoms with Crippen LogP contribution in [0.4, 0.5) is 5.82 Å². The largest absolute Gasteiger partial charge is 0.384 e. The van der Waals surface area contributed by atoms with E-state index in [4.69, 9.17) is 10.3 Å². The van der Waals surface area contributed by atoms with Gasteiger partial charge in [0.2, 0.25) is 0 Å². The second kappa shape index (κ2) is 4.15. The maximum atomic E-state index is 5.47. The summed E-state index contributed by atoms with van der Waals surface area (Å²) in [5, 5.41) is 3.62. The van der Waals surface area contributed by atoms with Crippen molar-refractivity contribution in [2.45, 2.75) is 10.6 Å². The van der Waals surface area contributed by atoms with Crippen molar-refractivity contribution in [3.05, 3.63) is 36.4 Å². The molecule has 0 spiro atoms. The minimum Gasteiger partial charge on any atom is -0.384 e. The molecule has 0 radical (unpaired) electrons. The van der Waals surface area contributed by atoms with Gasteiger partial charge < -0.3 is 10.3 Å². The van der Waals surface area contributed by atoms with Gasteiger partial charge in [-0.3, -0.25) is 0 Å². The monoisotopic (exact) mass is 207 g/mol. The van der Waals surface area contributed by atoms with Crippen molar-refractivity contribution >= 4 is 17.6 Å². The molecule has 0 saturated heterocycles. The molecule has 14 heavy (non-hydrogen) atoms. The molecule has 0 aromatic carbocycles. The van der Waals surface area contributed by atoms with Crippen molar-refractivity contribution in [2.24, 2.45) is 0 Å². The highest BCUT2D eigenvalue weighted by Crippen LogP contribution is 2.21. The van der Waals surface area contributed by atoms with E-state index in [1.807, 2.05) is 12.1 Å². The third kappa shape index (κ3) is 2.26. The molecule has 5 heteroatoms. The van der Waals surface area contributed by atoms with Gasteiger partial charge in [-0.2, -0.15) is 0 Å². The van der Waals surface area contributed by atoms with Gasteiger partial charge in [0.25, 0.3) is 0 Å². The van der Waals surface area contributed by atoms with Crippen LogP contribution in [0.3, 0.4) is 0 Å². The summed E-state index contributed by atoms with van der Waals surface area (Å²) in [6, 6.07) is 5.56. The highest BCUT2D eigenvalue weighted by molar-refractivity contribution is 7.98. The Labute approximate surface area is 85.5 Å². The Morgan fingerprint density at radius 2 is 2.29 bits per heavy atom. The lowest BCUT2D eigenvalue weighted by atomic mass is 10.5. The van der Waals surface area contributed by atoms with Crippen LogP contribution in [0.5, 0.6) is 0 Å². The van der Waals surface area contributed by atoms with Crippen LogP contribution in [0.25, 0.3) is 0 Å². The first-order chi connectivity index (χ1) is 6.84. The second-order valence-electron chi connectivity index (χ2n) is 2.69. The third-order valence-corrected chi connectivity index (χ3v) is 2.64. The standard InChI is InChI=1S/C9H9N3OS/c10-9-2-1-8(5-11-9)14-6-7-3-4-12-13-7/h1-5H,6H2,(H2,10,11). The van der Waals surface area contributed by atoms with Gasteiger partial charge in [-0.05, 0) is 12.1 Å². The summed E-state index contributed by atoms with van der Waals surface area (Å²) in [5.74, 6) is 2.15. The molecule has 0 fully saturated rings. The quantitative estimate of drug-likeness (QED) is 0.779. The van der Waals surface area contributed by atoms with Crippen LogP contribution in [0, 0.1) is 0 Å². The lowest BCUT2D eigenvalue weighted by Crippen LogP contribution is -1.88. The van der Waals surface area contributed by atoms with E-state index in [1.165, 1.54) is 0 Å². The number of pyridine rings is 1. The maximum Gasteiger partial charge on any atom is 0.146 e. The average molecular weight is 207 g/mol. The van der Waals surface area contributed by atoms with Gasteiger partial charge in [0.15, 0.2) is 0 Å². The first-order valence-electron chi connectivity index (χ1n) is 4.08. The van der Waals surface area contributed by atoms with Crippen molar-refractivity contribution < 1.29 is 4.52 Å². The number of aromatic nitrogens is 2. The SMILES string of the molecule is Nc1ccc(SCc2ccno2)cn1. The van der Waals surface area contributed by atoms with Crippen LogP contribution >= 0.6 is 11.8 Å². The highest BCUT2D eigenvalue weighted by Gasteiger charge is 1.99. The highest BCUT2D eigenvalue weighted by atomic mass is 32.2. The van der Waals surface area contributed by atoms with E-state index < -0.39 is 0 Å². The molecule has 0 bridgehead atoms. The summed E-state index contributed by atoms with van der Waals surface area (Å²) >= 11 is 1.64. The summed E-state index contributed by atoms with van der Waals surface area (Å²) in [6.07, 6.45) is 3.38. The van der Waals surface area contributed by atoms with E-state index in [0.717, 1.165) is 16.4 Å². The van der Waals surface area contributed by atoms with E-state index in [1.54, 1.807) is 30.2 Å². The molecule has 0 aliphatic heterocycles. The van der Waals surface area contributed by atoms with Crippen molar-refractivity contribution in [1.29, 1.82) is 0 Å². The summed E-state index contributed by atoms with van der Waals surface area (Å²) < 4.78 is 4.96. The number of rotatable bonds is 3. The van der Waals surface area contributed by atoms with Crippen molar-refractivity contribution in [2.75, 3.05) is 5.73 Å². The van der Waals surface area contributed by atoms with Gasteiger partial charge in [0.05, 0.1) is 11.9 Å². The van der Waals surface area contributed by atoms with Gasteiger partial charge in [0, 0.05) is 17.2 Å². The molecule has 0 aliphatic rings. The Morgan fingerprint density at radius 1 is 1.36 bits per heavy atom. The molecular weight excluding hydrogens is 198 g/mol. The van der Waals surface area contributed by atoms with Crippen molar-refractivity contribution in [1.82, 2.24) is 10.1 Å². The van der Waals surface area contributed by atoms with Crippen LogP contribution in [0.1, 0.15) is 5.76 Å². The van der Waals surface area contributed by atoms with E-state index in [0.29, 0.717) is 5.82 Å². The molecule has 0 unspecified atom stereocenters. The molecule has 0 aliphatic carbocycles. The minimum atomic E-state index is 0.536. The first-order valence-corrected chi connectivity index (χ1v) is 5.07. The average Bonchev–Trinajstić information content (AvgIpc) is 2.70. The Bertz CT molecular complexity index is 385. The minimum absolute atomic E-state index is 0.536. The Kier molecular flexibility index (Phi) is 2.69. The van der Waals surface area contributed by atoms with Gasteiger partial charge in [-0.25, -0.2) is 4.98 Å². The number of nitrogens with two attached hydrogens (primary N) is 1. The van der Waals surface area contributed by atoms with Gasteiger partial charge in [0.1, 0.15) is 11.6 Å². The predicted molar refractivity (Wildman–Crippen MR) is 54.7 cm³/mol. The maximum absolute atomic E-state index is 5.47. The lowest BCUT2D eigenvalue weighted by Gasteiger charge is -1.98. The number of hydrogen-bond acceptors (Lipinski definition) is 5. The van der Waals surface area contributed by atoms with Gasteiger partial charge in [-0.1, -0.05) is 5.16 Å². The van der Waals surface area contributed by atoms with Crippen LogP contribution in [0.15, 0.2) is 40.0 Å². The molecular formula is C9H9N3OS. The van der Waals surface area contributed by atoms with E-state index >= 15 is 0 Å². The number of nitrogens with zero attached hydrogens (tertiary/aromatic N) is 2. The number of hydrogen-bond donors (Lipinski definition) is 1. The molecule has 4 nitrogen and oxygen atoms in total. The summed E-state index contributed by atoms with van der Waals surface area (Å²) in [6.45, 7) is 0. The second-order valence-corrected chi connectivity index (χ2v) is 3.73. The lowest BCUT2D eigenvalue weighted by molar-refractivity contribution is 0.395. The fraction of sp³-hybridized carbons (Fsp3) is 0.111. The van der Waals surface area contributed by atoms with Crippen LogP contribution in [-0.2, 0) is 5.75 Å². The molecule has 2 rings (SSSR count). The fourth-order valence-electron chi connectivity index (χ4n) is 0.948. The molecule has 0 atom stereocenters. The molecule has 72 valence electrons. The smallest absolute Gasteiger partial charge is 0.146 e. The zero-order valence-corrected chi connectivity index (χ0v) is 8.20. The summed E-state index contributed by atoms with van der Waals surface area (Å²) in [5.41, 5.74) is 5.47. The fourth-order valence-corrected chi connectivity index (χ4v) is 1.70. The summed E-state index contributed by atoms with van der Waals surface area (Å²) in [7, 11) is 0. The Morgan fingerprint density at radius 3 is 2.93 bits per heavy atom. The van der Waals surface area contributed by atoms with E-state index in [9.17, 15) is 0 Å². The molecule has 0 amide bonds. The Balaban J connectivity index is 1.95. The molecule has 2 N–H and O–H groups in total. The van der Waals surface area contributed by atoms with Crippen LogP contribution < -0.4 is 5.73 Å². The van der Waals surface area contributed by atoms with Crippen LogP contribution in [-0.4, -0.2) is 10.1 Å². The van der Waals surface area contributed by atoms with E-state index in [-0.39, 0.29) is 0 Å². The topological polar surface area (TPSA) is 64.9 Å². The predicted octanol–water partition coefficient (Wildman–Crippen LogP) is 1.94. The van der Waals surface area contributed by atoms with Gasteiger partial charge >= 0.3 is 0 Å². The first kappa shape index (κ1) is 9.08.